The van der Waals surface area contributed by atoms with Gasteiger partial charge in [0.1, 0.15) is 0 Å². The summed E-state index contributed by atoms with van der Waals surface area (Å²) in [6, 6.07) is 2.40. The highest BCUT2D eigenvalue weighted by molar-refractivity contribution is 7.89. The van der Waals surface area contributed by atoms with Crippen LogP contribution in [0.3, 0.4) is 0 Å². The molecule has 4 rings (SSSR count). The van der Waals surface area contributed by atoms with E-state index in [-0.39, 0.29) is 17.7 Å². The first-order chi connectivity index (χ1) is 16.1. The molecule has 2 heterocycles. The van der Waals surface area contributed by atoms with Crippen molar-refractivity contribution in [3.8, 4) is 0 Å². The maximum absolute atomic E-state index is 13.5. The van der Waals surface area contributed by atoms with Gasteiger partial charge in [-0.3, -0.25) is 14.5 Å². The lowest BCUT2D eigenvalue weighted by atomic mass is 9.96. The first kappa shape index (κ1) is 25.1. The number of nitrogens with zero attached hydrogens (tertiary/aromatic N) is 3. The molecule has 8 nitrogen and oxygen atoms in total. The van der Waals surface area contributed by atoms with Gasteiger partial charge in [-0.1, -0.05) is 6.07 Å². The number of carbonyl (C=O) groups excluding carboxylic acids is 2. The molecule has 0 radical (unpaired) electrons. The van der Waals surface area contributed by atoms with E-state index in [4.69, 9.17) is 0 Å². The number of rotatable bonds is 6. The van der Waals surface area contributed by atoms with Crippen LogP contribution in [0.15, 0.2) is 11.0 Å². The summed E-state index contributed by atoms with van der Waals surface area (Å²) in [6.07, 6.45) is 3.26. The zero-order chi connectivity index (χ0) is 24.6. The lowest BCUT2D eigenvalue weighted by molar-refractivity contribution is -0.138. The van der Waals surface area contributed by atoms with Gasteiger partial charge in [-0.2, -0.15) is 4.31 Å². The lowest BCUT2D eigenvalue weighted by Gasteiger charge is -2.38. The second-order valence-electron chi connectivity index (χ2n) is 10.2. The summed E-state index contributed by atoms with van der Waals surface area (Å²) in [5.41, 5.74) is 3.58. The van der Waals surface area contributed by atoms with Crippen molar-refractivity contribution in [1.29, 1.82) is 0 Å². The highest BCUT2D eigenvalue weighted by Gasteiger charge is 2.36. The molecule has 1 N–H and O–H groups in total. The fraction of sp³-hybridized carbons (Fsp3) is 0.680. The zero-order valence-corrected chi connectivity index (χ0v) is 21.7. The summed E-state index contributed by atoms with van der Waals surface area (Å²) in [7, 11) is -3.60. The standard InChI is InChI=1S/C25H38N4O4S/c1-17-15-18(2)20(4)24(19(17)3)34(32,33)29-9-7-21(8-10-29)25(31)28-13-11-27(12-14-28)16-23(30)26-22-5-6-22/h15,21-22H,5-14,16H2,1-4H3,(H,26,30). The van der Waals surface area contributed by atoms with Gasteiger partial charge in [-0.05, 0) is 75.6 Å². The van der Waals surface area contributed by atoms with Crippen LogP contribution in [-0.4, -0.2) is 86.2 Å². The van der Waals surface area contributed by atoms with Gasteiger partial charge in [-0.25, -0.2) is 8.42 Å². The van der Waals surface area contributed by atoms with Gasteiger partial charge in [0.15, 0.2) is 0 Å². The number of nitrogens with one attached hydrogen (secondary N) is 1. The summed E-state index contributed by atoms with van der Waals surface area (Å²) in [5, 5.41) is 3.01. The Balaban J connectivity index is 1.31. The van der Waals surface area contributed by atoms with Crippen molar-refractivity contribution in [2.75, 3.05) is 45.8 Å². The number of hydrogen-bond donors (Lipinski definition) is 1. The van der Waals surface area contributed by atoms with E-state index < -0.39 is 10.0 Å². The molecule has 1 aromatic rings. The van der Waals surface area contributed by atoms with Crippen molar-refractivity contribution in [3.05, 3.63) is 28.3 Å². The number of piperazine rings is 1. The number of hydrogen-bond acceptors (Lipinski definition) is 5. The molecule has 188 valence electrons. The van der Waals surface area contributed by atoms with Gasteiger partial charge in [0.25, 0.3) is 0 Å². The van der Waals surface area contributed by atoms with Crippen LogP contribution in [0.2, 0.25) is 0 Å². The zero-order valence-electron chi connectivity index (χ0n) is 20.9. The molecule has 1 saturated carbocycles. The Labute approximate surface area is 203 Å². The molecule has 1 aromatic carbocycles. The summed E-state index contributed by atoms with van der Waals surface area (Å²) in [6.45, 7) is 11.4. The molecule has 2 aliphatic heterocycles. The first-order valence-electron chi connectivity index (χ1n) is 12.5. The number of amides is 2. The highest BCUT2D eigenvalue weighted by atomic mass is 32.2. The Morgan fingerprint density at radius 3 is 1.97 bits per heavy atom. The molecule has 9 heteroatoms. The minimum Gasteiger partial charge on any atom is -0.352 e. The predicted molar refractivity (Wildman–Crippen MR) is 131 cm³/mol. The molecule has 0 aromatic heterocycles. The first-order valence-corrected chi connectivity index (χ1v) is 13.9. The van der Waals surface area contributed by atoms with Gasteiger partial charge in [0.2, 0.25) is 21.8 Å². The molecule has 3 aliphatic rings. The molecule has 2 saturated heterocycles. The molecular formula is C25H38N4O4S. The summed E-state index contributed by atoms with van der Waals surface area (Å²) >= 11 is 0. The van der Waals surface area contributed by atoms with E-state index in [9.17, 15) is 18.0 Å². The van der Waals surface area contributed by atoms with E-state index in [1.807, 2.05) is 38.7 Å². The Kier molecular flexibility index (Phi) is 7.36. The van der Waals surface area contributed by atoms with Gasteiger partial charge in [0.05, 0.1) is 11.4 Å². The van der Waals surface area contributed by atoms with Crippen molar-refractivity contribution >= 4 is 21.8 Å². The molecule has 1 aliphatic carbocycles. The fourth-order valence-electron chi connectivity index (χ4n) is 5.13. The maximum atomic E-state index is 13.5. The second-order valence-corrected chi connectivity index (χ2v) is 12.1. The molecule has 0 atom stereocenters. The van der Waals surface area contributed by atoms with Crippen LogP contribution in [0.5, 0.6) is 0 Å². The van der Waals surface area contributed by atoms with E-state index in [0.29, 0.717) is 69.6 Å². The quantitative estimate of drug-likeness (QED) is 0.656. The van der Waals surface area contributed by atoms with E-state index in [1.54, 1.807) is 4.31 Å². The summed E-state index contributed by atoms with van der Waals surface area (Å²) < 4.78 is 28.6. The smallest absolute Gasteiger partial charge is 0.243 e. The molecular weight excluding hydrogens is 452 g/mol. The van der Waals surface area contributed by atoms with E-state index in [0.717, 1.165) is 35.1 Å². The van der Waals surface area contributed by atoms with Crippen molar-refractivity contribution in [3.63, 3.8) is 0 Å². The van der Waals surface area contributed by atoms with Gasteiger partial charge in [0, 0.05) is 51.2 Å². The van der Waals surface area contributed by atoms with Crippen LogP contribution >= 0.6 is 0 Å². The summed E-state index contributed by atoms with van der Waals surface area (Å²) in [5.74, 6) is 0.0561. The number of piperidine rings is 1. The van der Waals surface area contributed by atoms with Crippen molar-refractivity contribution in [2.24, 2.45) is 5.92 Å². The minimum absolute atomic E-state index is 0.0742. The van der Waals surface area contributed by atoms with Gasteiger partial charge < -0.3 is 10.2 Å². The van der Waals surface area contributed by atoms with Crippen LogP contribution in [0.4, 0.5) is 0 Å². The largest absolute Gasteiger partial charge is 0.352 e. The SMILES string of the molecule is Cc1cc(C)c(C)c(S(=O)(=O)N2CCC(C(=O)N3CCN(CC(=O)NC4CC4)CC3)CC2)c1C. The van der Waals surface area contributed by atoms with Crippen LogP contribution in [0.25, 0.3) is 0 Å². The maximum Gasteiger partial charge on any atom is 0.243 e. The lowest BCUT2D eigenvalue weighted by Crippen LogP contribution is -2.53. The average molecular weight is 491 g/mol. The second kappa shape index (κ2) is 9.95. The van der Waals surface area contributed by atoms with Crippen LogP contribution in [0.1, 0.15) is 47.9 Å². The van der Waals surface area contributed by atoms with Crippen LogP contribution in [-0.2, 0) is 19.6 Å². The van der Waals surface area contributed by atoms with Gasteiger partial charge >= 0.3 is 0 Å². The Morgan fingerprint density at radius 2 is 1.44 bits per heavy atom. The Hall–Kier alpha value is -1.97. The van der Waals surface area contributed by atoms with E-state index in [1.165, 1.54) is 0 Å². The number of carbonyl (C=O) groups is 2. The third-order valence-electron chi connectivity index (χ3n) is 7.69. The van der Waals surface area contributed by atoms with Crippen LogP contribution < -0.4 is 5.32 Å². The summed E-state index contributed by atoms with van der Waals surface area (Å²) in [4.78, 5) is 29.6. The average Bonchev–Trinajstić information content (AvgIpc) is 3.62. The third kappa shape index (κ3) is 5.31. The number of benzene rings is 1. The molecule has 3 fully saturated rings. The third-order valence-corrected chi connectivity index (χ3v) is 9.87. The minimum atomic E-state index is -3.60. The van der Waals surface area contributed by atoms with Gasteiger partial charge in [-0.15, -0.1) is 0 Å². The molecule has 0 unspecified atom stereocenters. The molecule has 2 amide bonds. The van der Waals surface area contributed by atoms with E-state index >= 15 is 0 Å². The highest BCUT2D eigenvalue weighted by Crippen LogP contribution is 2.31. The van der Waals surface area contributed by atoms with Crippen molar-refractivity contribution in [1.82, 2.24) is 19.4 Å². The molecule has 0 spiro atoms. The van der Waals surface area contributed by atoms with Crippen LogP contribution in [0, 0.1) is 33.6 Å². The number of sulfonamides is 1. The van der Waals surface area contributed by atoms with Crippen molar-refractivity contribution in [2.45, 2.75) is 64.3 Å². The molecule has 34 heavy (non-hydrogen) atoms. The van der Waals surface area contributed by atoms with E-state index in [2.05, 4.69) is 10.2 Å². The Morgan fingerprint density at radius 1 is 0.882 bits per heavy atom. The normalized spacial score (nSPS) is 21.0. The Bertz CT molecular complexity index is 1020. The monoisotopic (exact) mass is 490 g/mol. The fourth-order valence-corrected chi connectivity index (χ4v) is 7.17. The number of aryl methyl sites for hydroxylation is 2. The predicted octanol–water partition coefficient (Wildman–Crippen LogP) is 1.74. The molecule has 0 bridgehead atoms. The van der Waals surface area contributed by atoms with Crippen molar-refractivity contribution < 1.29 is 18.0 Å². The topological polar surface area (TPSA) is 90.0 Å².